The second kappa shape index (κ2) is 5.37. The van der Waals surface area contributed by atoms with Crippen LogP contribution in [-0.2, 0) is 0 Å². The normalized spacial score (nSPS) is 11.9. The smallest absolute Gasteiger partial charge is 0.0714 e. The summed E-state index contributed by atoms with van der Waals surface area (Å²) in [6.07, 6.45) is -0.0390. The van der Waals surface area contributed by atoms with Crippen molar-refractivity contribution in [2.24, 2.45) is 5.73 Å². The molecule has 0 aliphatic carbocycles. The van der Waals surface area contributed by atoms with Crippen molar-refractivity contribution in [3.8, 4) is 0 Å². The van der Waals surface area contributed by atoms with Crippen LogP contribution in [-0.4, -0.2) is 6.17 Å². The molecule has 4 N–H and O–H groups in total. The molecule has 0 aliphatic heterocycles. The van der Waals surface area contributed by atoms with Crippen LogP contribution >= 0.6 is 0 Å². The standard InChI is InChI=1S/C14H17N3/c1-11(15)16-13-7-9-14(10-8-13)17-12-5-3-2-4-6-12/h2-11,16-17H,15H2,1H3. The van der Waals surface area contributed by atoms with Crippen LogP contribution in [0.25, 0.3) is 0 Å². The number of hydrogen-bond acceptors (Lipinski definition) is 3. The lowest BCUT2D eigenvalue weighted by Crippen LogP contribution is -2.24. The number of nitrogens with one attached hydrogen (secondary N) is 2. The molecule has 0 saturated carbocycles. The molecule has 2 aromatic rings. The third-order valence-electron chi connectivity index (χ3n) is 2.34. The van der Waals surface area contributed by atoms with Crippen LogP contribution in [0.15, 0.2) is 54.6 Å². The zero-order valence-corrected chi connectivity index (χ0v) is 9.85. The molecule has 0 saturated heterocycles. The summed E-state index contributed by atoms with van der Waals surface area (Å²) in [5, 5.41) is 6.47. The van der Waals surface area contributed by atoms with Crippen LogP contribution < -0.4 is 16.4 Å². The van der Waals surface area contributed by atoms with E-state index in [2.05, 4.69) is 10.6 Å². The van der Waals surface area contributed by atoms with Crippen molar-refractivity contribution >= 4 is 17.1 Å². The van der Waals surface area contributed by atoms with Crippen molar-refractivity contribution in [3.05, 3.63) is 54.6 Å². The Balaban J connectivity index is 2.03. The molecular weight excluding hydrogens is 210 g/mol. The lowest BCUT2D eigenvalue weighted by molar-refractivity contribution is 0.852. The average molecular weight is 227 g/mol. The molecule has 0 heterocycles. The summed E-state index contributed by atoms with van der Waals surface area (Å²) in [5.74, 6) is 0. The second-order valence-corrected chi connectivity index (χ2v) is 4.00. The van der Waals surface area contributed by atoms with E-state index in [1.165, 1.54) is 0 Å². The fourth-order valence-electron chi connectivity index (χ4n) is 1.60. The van der Waals surface area contributed by atoms with Gasteiger partial charge in [-0.15, -0.1) is 0 Å². The van der Waals surface area contributed by atoms with Gasteiger partial charge in [0, 0.05) is 17.1 Å². The van der Waals surface area contributed by atoms with Gasteiger partial charge in [-0.1, -0.05) is 18.2 Å². The van der Waals surface area contributed by atoms with Gasteiger partial charge in [-0.3, -0.25) is 0 Å². The fraction of sp³-hybridized carbons (Fsp3) is 0.143. The Hall–Kier alpha value is -2.00. The van der Waals surface area contributed by atoms with Gasteiger partial charge >= 0.3 is 0 Å². The summed E-state index contributed by atoms with van der Waals surface area (Å²) in [6, 6.07) is 18.2. The Kier molecular flexibility index (Phi) is 3.62. The van der Waals surface area contributed by atoms with Crippen molar-refractivity contribution in [1.82, 2.24) is 0 Å². The SMILES string of the molecule is CC(N)Nc1ccc(Nc2ccccc2)cc1. The summed E-state index contributed by atoms with van der Waals surface area (Å²) in [4.78, 5) is 0. The quantitative estimate of drug-likeness (QED) is 0.703. The lowest BCUT2D eigenvalue weighted by atomic mass is 10.2. The number of rotatable bonds is 4. The first-order chi connectivity index (χ1) is 8.24. The van der Waals surface area contributed by atoms with Crippen LogP contribution in [0.5, 0.6) is 0 Å². The Labute approximate surface area is 102 Å². The predicted molar refractivity (Wildman–Crippen MR) is 73.4 cm³/mol. The molecule has 0 amide bonds. The molecule has 3 heteroatoms. The number of benzene rings is 2. The molecule has 17 heavy (non-hydrogen) atoms. The fourth-order valence-corrected chi connectivity index (χ4v) is 1.60. The van der Waals surface area contributed by atoms with Gasteiger partial charge in [0.15, 0.2) is 0 Å². The predicted octanol–water partition coefficient (Wildman–Crippen LogP) is 3.15. The Morgan fingerprint density at radius 2 is 1.35 bits per heavy atom. The van der Waals surface area contributed by atoms with Gasteiger partial charge in [0.1, 0.15) is 0 Å². The topological polar surface area (TPSA) is 50.1 Å². The zero-order chi connectivity index (χ0) is 12.1. The highest BCUT2D eigenvalue weighted by molar-refractivity contribution is 5.62. The first kappa shape index (κ1) is 11.5. The van der Waals surface area contributed by atoms with Gasteiger partial charge in [0.05, 0.1) is 6.17 Å². The maximum Gasteiger partial charge on any atom is 0.0714 e. The maximum atomic E-state index is 5.66. The van der Waals surface area contributed by atoms with Crippen molar-refractivity contribution in [2.75, 3.05) is 10.6 Å². The average Bonchev–Trinajstić information content (AvgIpc) is 2.32. The number of nitrogens with two attached hydrogens (primary N) is 1. The first-order valence-corrected chi connectivity index (χ1v) is 5.68. The Bertz CT molecular complexity index is 449. The van der Waals surface area contributed by atoms with E-state index in [9.17, 15) is 0 Å². The van der Waals surface area contributed by atoms with Crippen molar-refractivity contribution in [1.29, 1.82) is 0 Å². The van der Waals surface area contributed by atoms with E-state index in [4.69, 9.17) is 5.73 Å². The van der Waals surface area contributed by atoms with Crippen molar-refractivity contribution in [2.45, 2.75) is 13.1 Å². The summed E-state index contributed by atoms with van der Waals surface area (Å²) in [7, 11) is 0. The highest BCUT2D eigenvalue weighted by Crippen LogP contribution is 2.18. The van der Waals surface area contributed by atoms with Crippen LogP contribution in [0, 0.1) is 0 Å². The number of para-hydroxylation sites is 1. The summed E-state index contributed by atoms with van der Waals surface area (Å²) in [6.45, 7) is 1.91. The lowest BCUT2D eigenvalue weighted by Gasteiger charge is -2.11. The largest absolute Gasteiger partial charge is 0.370 e. The van der Waals surface area contributed by atoms with Crippen LogP contribution in [0.2, 0.25) is 0 Å². The number of anilines is 3. The van der Waals surface area contributed by atoms with E-state index in [1.807, 2.05) is 61.5 Å². The summed E-state index contributed by atoms with van der Waals surface area (Å²) < 4.78 is 0. The van der Waals surface area contributed by atoms with Gasteiger partial charge in [-0.05, 0) is 43.3 Å². The third kappa shape index (κ3) is 3.50. The third-order valence-corrected chi connectivity index (χ3v) is 2.34. The monoisotopic (exact) mass is 227 g/mol. The highest BCUT2D eigenvalue weighted by atomic mass is 15.0. The minimum atomic E-state index is -0.0390. The van der Waals surface area contributed by atoms with E-state index in [0.717, 1.165) is 17.1 Å². The molecule has 1 atom stereocenters. The summed E-state index contributed by atoms with van der Waals surface area (Å²) >= 11 is 0. The molecular formula is C14H17N3. The minimum absolute atomic E-state index is 0.0390. The minimum Gasteiger partial charge on any atom is -0.370 e. The summed E-state index contributed by atoms with van der Waals surface area (Å²) in [5.41, 5.74) is 8.83. The van der Waals surface area contributed by atoms with E-state index in [1.54, 1.807) is 0 Å². The number of hydrogen-bond donors (Lipinski definition) is 3. The molecule has 88 valence electrons. The molecule has 1 unspecified atom stereocenters. The second-order valence-electron chi connectivity index (χ2n) is 4.00. The Morgan fingerprint density at radius 3 is 1.94 bits per heavy atom. The zero-order valence-electron chi connectivity index (χ0n) is 9.85. The van der Waals surface area contributed by atoms with Crippen LogP contribution in [0.3, 0.4) is 0 Å². The molecule has 0 aliphatic rings. The van der Waals surface area contributed by atoms with E-state index < -0.39 is 0 Å². The molecule has 0 aromatic heterocycles. The van der Waals surface area contributed by atoms with E-state index >= 15 is 0 Å². The first-order valence-electron chi connectivity index (χ1n) is 5.68. The highest BCUT2D eigenvalue weighted by Gasteiger charge is 1.96. The molecule has 2 rings (SSSR count). The molecule has 0 bridgehead atoms. The van der Waals surface area contributed by atoms with Gasteiger partial charge in [-0.2, -0.15) is 0 Å². The van der Waals surface area contributed by atoms with Crippen LogP contribution in [0.4, 0.5) is 17.1 Å². The van der Waals surface area contributed by atoms with Crippen molar-refractivity contribution < 1.29 is 0 Å². The molecule has 0 spiro atoms. The Morgan fingerprint density at radius 1 is 0.824 bits per heavy atom. The van der Waals surface area contributed by atoms with Crippen LogP contribution in [0.1, 0.15) is 6.92 Å². The molecule has 3 nitrogen and oxygen atoms in total. The van der Waals surface area contributed by atoms with Gasteiger partial charge in [-0.25, -0.2) is 0 Å². The molecule has 2 aromatic carbocycles. The van der Waals surface area contributed by atoms with E-state index in [0.29, 0.717) is 0 Å². The van der Waals surface area contributed by atoms with Gasteiger partial charge in [0.2, 0.25) is 0 Å². The van der Waals surface area contributed by atoms with Gasteiger partial charge < -0.3 is 16.4 Å². The van der Waals surface area contributed by atoms with Crippen molar-refractivity contribution in [3.63, 3.8) is 0 Å². The molecule has 0 fully saturated rings. The van der Waals surface area contributed by atoms with Gasteiger partial charge in [0.25, 0.3) is 0 Å². The molecule has 0 radical (unpaired) electrons. The van der Waals surface area contributed by atoms with E-state index in [-0.39, 0.29) is 6.17 Å². The maximum absolute atomic E-state index is 5.66.